The van der Waals surface area contributed by atoms with Gasteiger partial charge in [0.05, 0.1) is 0 Å². The van der Waals surface area contributed by atoms with E-state index in [1.165, 1.54) is 5.56 Å². The molecule has 3 rings (SSSR count). The second-order valence-corrected chi connectivity index (χ2v) is 6.96. The van der Waals surface area contributed by atoms with Crippen LogP contribution in [0.1, 0.15) is 37.5 Å². The van der Waals surface area contributed by atoms with E-state index in [0.29, 0.717) is 11.6 Å². The molecule has 0 spiro atoms. The quantitative estimate of drug-likeness (QED) is 0.593. The zero-order chi connectivity index (χ0) is 17.9. The summed E-state index contributed by atoms with van der Waals surface area (Å²) < 4.78 is 5.30. The Bertz CT molecular complexity index is 851. The first-order chi connectivity index (χ1) is 11.9. The van der Waals surface area contributed by atoms with Crippen molar-refractivity contribution in [3.05, 3.63) is 89.1 Å². The van der Waals surface area contributed by atoms with Crippen LogP contribution in [0.15, 0.2) is 77.4 Å². The zero-order valence-electron chi connectivity index (χ0n) is 14.7. The standard InChI is InChI=1S/C22H21NO2/c1-22(2,3)18-14-12-17(13-15-18)20-23-19(21(24)25-20)11-7-10-16-8-5-4-6-9-16/h4-15H,1-3H3. The van der Waals surface area contributed by atoms with E-state index >= 15 is 0 Å². The van der Waals surface area contributed by atoms with Crippen molar-refractivity contribution >= 4 is 17.9 Å². The van der Waals surface area contributed by atoms with E-state index in [1.54, 1.807) is 12.2 Å². The summed E-state index contributed by atoms with van der Waals surface area (Å²) in [6, 6.07) is 17.9. The fourth-order valence-corrected chi connectivity index (χ4v) is 2.47. The van der Waals surface area contributed by atoms with Crippen LogP contribution >= 0.6 is 0 Å². The van der Waals surface area contributed by atoms with Crippen molar-refractivity contribution in [2.75, 3.05) is 0 Å². The minimum Gasteiger partial charge on any atom is -0.402 e. The Morgan fingerprint density at radius 3 is 2.28 bits per heavy atom. The predicted octanol–water partition coefficient (Wildman–Crippen LogP) is 4.88. The van der Waals surface area contributed by atoms with E-state index in [2.05, 4.69) is 25.8 Å². The summed E-state index contributed by atoms with van der Waals surface area (Å²) >= 11 is 0. The highest BCUT2D eigenvalue weighted by Crippen LogP contribution is 2.24. The summed E-state index contributed by atoms with van der Waals surface area (Å²) in [7, 11) is 0. The van der Waals surface area contributed by atoms with Crippen molar-refractivity contribution in [2.45, 2.75) is 26.2 Å². The van der Waals surface area contributed by atoms with Gasteiger partial charge in [0.2, 0.25) is 5.90 Å². The van der Waals surface area contributed by atoms with Crippen molar-refractivity contribution in [2.24, 2.45) is 4.99 Å². The molecule has 0 unspecified atom stereocenters. The van der Waals surface area contributed by atoms with E-state index in [0.717, 1.165) is 11.1 Å². The lowest BCUT2D eigenvalue weighted by molar-refractivity contribution is -0.130. The van der Waals surface area contributed by atoms with Gasteiger partial charge in [-0.15, -0.1) is 0 Å². The highest BCUT2D eigenvalue weighted by atomic mass is 16.6. The van der Waals surface area contributed by atoms with E-state index in [-0.39, 0.29) is 5.41 Å². The number of esters is 1. The van der Waals surface area contributed by atoms with E-state index in [1.807, 2.05) is 60.7 Å². The molecule has 0 aliphatic carbocycles. The lowest BCUT2D eigenvalue weighted by Crippen LogP contribution is -2.11. The van der Waals surface area contributed by atoms with Gasteiger partial charge in [-0.3, -0.25) is 0 Å². The molecule has 3 heteroatoms. The molecule has 0 radical (unpaired) electrons. The van der Waals surface area contributed by atoms with Gasteiger partial charge in [0.1, 0.15) is 0 Å². The molecule has 0 atom stereocenters. The number of hydrogen-bond acceptors (Lipinski definition) is 3. The number of nitrogens with zero attached hydrogens (tertiary/aromatic N) is 1. The molecule has 1 aliphatic rings. The molecule has 0 bridgehead atoms. The van der Waals surface area contributed by atoms with Crippen LogP contribution in [-0.2, 0) is 14.9 Å². The monoisotopic (exact) mass is 331 g/mol. The Morgan fingerprint density at radius 1 is 0.960 bits per heavy atom. The summed E-state index contributed by atoms with van der Waals surface area (Å²) in [6.45, 7) is 6.49. The van der Waals surface area contributed by atoms with Crippen LogP contribution in [0.5, 0.6) is 0 Å². The number of allylic oxidation sites excluding steroid dienone is 2. The predicted molar refractivity (Wildman–Crippen MR) is 101 cm³/mol. The number of cyclic esters (lactones) is 1. The number of carbonyl (C=O) groups excluding carboxylic acids is 1. The van der Waals surface area contributed by atoms with Crippen LogP contribution in [0.3, 0.4) is 0 Å². The Morgan fingerprint density at radius 2 is 1.64 bits per heavy atom. The van der Waals surface area contributed by atoms with Gasteiger partial charge >= 0.3 is 5.97 Å². The van der Waals surface area contributed by atoms with Gasteiger partial charge in [-0.25, -0.2) is 9.79 Å². The number of rotatable bonds is 3. The first kappa shape index (κ1) is 16.9. The van der Waals surface area contributed by atoms with Gasteiger partial charge in [0.25, 0.3) is 0 Å². The zero-order valence-corrected chi connectivity index (χ0v) is 14.7. The lowest BCUT2D eigenvalue weighted by Gasteiger charge is -2.18. The third-order valence-electron chi connectivity index (χ3n) is 3.96. The van der Waals surface area contributed by atoms with Crippen LogP contribution in [0.25, 0.3) is 6.08 Å². The fourth-order valence-electron chi connectivity index (χ4n) is 2.47. The number of aliphatic imine (C=N–C) groups is 1. The van der Waals surface area contributed by atoms with Gasteiger partial charge in [-0.2, -0.15) is 0 Å². The lowest BCUT2D eigenvalue weighted by atomic mass is 9.87. The second-order valence-electron chi connectivity index (χ2n) is 6.96. The summed E-state index contributed by atoms with van der Waals surface area (Å²) in [4.78, 5) is 16.3. The van der Waals surface area contributed by atoms with Gasteiger partial charge in [0, 0.05) is 5.56 Å². The van der Waals surface area contributed by atoms with Crippen molar-refractivity contribution in [3.8, 4) is 0 Å². The van der Waals surface area contributed by atoms with Crippen molar-refractivity contribution in [1.82, 2.24) is 0 Å². The minimum atomic E-state index is -0.424. The number of hydrogen-bond donors (Lipinski definition) is 0. The third kappa shape index (κ3) is 4.13. The number of carbonyl (C=O) groups is 1. The van der Waals surface area contributed by atoms with E-state index in [4.69, 9.17) is 4.74 Å². The average Bonchev–Trinajstić information content (AvgIpc) is 2.96. The van der Waals surface area contributed by atoms with Crippen molar-refractivity contribution in [3.63, 3.8) is 0 Å². The molecule has 0 saturated heterocycles. The summed E-state index contributed by atoms with van der Waals surface area (Å²) in [5.74, 6) is -0.0718. The largest absolute Gasteiger partial charge is 0.402 e. The van der Waals surface area contributed by atoms with Gasteiger partial charge < -0.3 is 4.74 Å². The minimum absolute atomic E-state index is 0.0833. The molecular weight excluding hydrogens is 310 g/mol. The van der Waals surface area contributed by atoms with Crippen LogP contribution < -0.4 is 0 Å². The first-order valence-corrected chi connectivity index (χ1v) is 8.29. The van der Waals surface area contributed by atoms with E-state index in [9.17, 15) is 4.79 Å². The first-order valence-electron chi connectivity index (χ1n) is 8.29. The van der Waals surface area contributed by atoms with Crippen molar-refractivity contribution < 1.29 is 9.53 Å². The molecule has 3 nitrogen and oxygen atoms in total. The molecule has 0 amide bonds. The molecule has 1 aliphatic heterocycles. The number of ether oxygens (including phenoxy) is 1. The van der Waals surface area contributed by atoms with E-state index < -0.39 is 5.97 Å². The Labute approximate surface area is 148 Å². The average molecular weight is 331 g/mol. The third-order valence-corrected chi connectivity index (χ3v) is 3.96. The Balaban J connectivity index is 1.78. The molecular formula is C22H21NO2. The van der Waals surface area contributed by atoms with Crippen LogP contribution in [0.4, 0.5) is 0 Å². The fraction of sp³-hybridized carbons (Fsp3) is 0.182. The van der Waals surface area contributed by atoms with Crippen LogP contribution in [-0.4, -0.2) is 11.9 Å². The molecule has 1 heterocycles. The van der Waals surface area contributed by atoms with Crippen LogP contribution in [0, 0.1) is 0 Å². The highest BCUT2D eigenvalue weighted by molar-refractivity contribution is 6.11. The van der Waals surface area contributed by atoms with Gasteiger partial charge in [0.15, 0.2) is 5.70 Å². The molecule has 2 aromatic rings. The smallest absolute Gasteiger partial charge is 0.363 e. The molecule has 0 saturated carbocycles. The summed E-state index contributed by atoms with van der Waals surface area (Å²) in [5, 5.41) is 0. The second kappa shape index (κ2) is 6.89. The summed E-state index contributed by atoms with van der Waals surface area (Å²) in [5.41, 5.74) is 3.48. The molecule has 0 N–H and O–H groups in total. The maximum Gasteiger partial charge on any atom is 0.363 e. The maximum absolute atomic E-state index is 12.0. The van der Waals surface area contributed by atoms with Gasteiger partial charge in [-0.1, -0.05) is 75.4 Å². The summed E-state index contributed by atoms with van der Waals surface area (Å²) in [6.07, 6.45) is 5.40. The van der Waals surface area contributed by atoms with Crippen molar-refractivity contribution in [1.29, 1.82) is 0 Å². The topological polar surface area (TPSA) is 38.7 Å². The molecule has 25 heavy (non-hydrogen) atoms. The highest BCUT2D eigenvalue weighted by Gasteiger charge is 2.24. The molecule has 0 fully saturated rings. The molecule has 0 aromatic heterocycles. The molecule has 2 aromatic carbocycles. The normalized spacial score (nSPS) is 16.4. The molecule has 126 valence electrons. The maximum atomic E-state index is 12.0. The van der Waals surface area contributed by atoms with Crippen LogP contribution in [0.2, 0.25) is 0 Å². The van der Waals surface area contributed by atoms with Gasteiger partial charge in [-0.05, 0) is 34.8 Å². The SMILES string of the molecule is CC(C)(C)c1ccc(C2=NC(=CC=Cc3ccccc3)C(=O)O2)cc1. The Kier molecular flexibility index (Phi) is 4.66. The Hall–Kier alpha value is -2.94. The number of benzene rings is 2.